The van der Waals surface area contributed by atoms with Gasteiger partial charge in [-0.2, -0.15) is 0 Å². The second kappa shape index (κ2) is 5.17. The molecule has 0 aromatic carbocycles. The van der Waals surface area contributed by atoms with E-state index < -0.39 is 5.97 Å². The summed E-state index contributed by atoms with van der Waals surface area (Å²) in [6, 6.07) is 0.104. The maximum atomic E-state index is 11.5. The van der Waals surface area contributed by atoms with Crippen LogP contribution in [0.3, 0.4) is 0 Å². The van der Waals surface area contributed by atoms with Gasteiger partial charge in [-0.25, -0.2) is 0 Å². The summed E-state index contributed by atoms with van der Waals surface area (Å²) in [7, 11) is 0. The Hall–Kier alpha value is -0.570. The molecule has 1 aliphatic rings. The molecule has 16 heavy (non-hydrogen) atoms. The fourth-order valence-electron chi connectivity index (χ4n) is 3.06. The highest BCUT2D eigenvalue weighted by atomic mass is 16.4. The van der Waals surface area contributed by atoms with E-state index in [2.05, 4.69) is 32.6 Å². The average molecular weight is 227 g/mol. The molecule has 3 nitrogen and oxygen atoms in total. The summed E-state index contributed by atoms with van der Waals surface area (Å²) in [6.07, 6.45) is 4.21. The van der Waals surface area contributed by atoms with Gasteiger partial charge in [0.2, 0.25) is 0 Å². The number of hydrogen-bond acceptors (Lipinski definition) is 2. The maximum absolute atomic E-state index is 11.5. The minimum absolute atomic E-state index is 0.104. The molecule has 0 amide bonds. The van der Waals surface area contributed by atoms with E-state index in [1.54, 1.807) is 0 Å². The number of nitrogens with zero attached hydrogens (tertiary/aromatic N) is 1. The molecule has 0 aromatic rings. The summed E-state index contributed by atoms with van der Waals surface area (Å²) < 4.78 is 0. The average Bonchev–Trinajstić information content (AvgIpc) is 2.17. The molecular weight excluding hydrogens is 202 g/mol. The van der Waals surface area contributed by atoms with Crippen molar-refractivity contribution in [3.05, 3.63) is 0 Å². The van der Waals surface area contributed by atoms with Crippen molar-refractivity contribution in [2.45, 2.75) is 65.5 Å². The van der Waals surface area contributed by atoms with Gasteiger partial charge in [-0.05, 0) is 37.6 Å². The highest BCUT2D eigenvalue weighted by Gasteiger charge is 2.44. The number of carboxylic acid groups (broad SMARTS) is 1. The second-order valence-corrected chi connectivity index (χ2v) is 5.54. The van der Waals surface area contributed by atoms with Crippen LogP contribution in [0.1, 0.15) is 53.4 Å². The molecule has 1 unspecified atom stereocenters. The Morgan fingerprint density at radius 3 is 2.44 bits per heavy atom. The van der Waals surface area contributed by atoms with Crippen molar-refractivity contribution in [1.82, 2.24) is 4.90 Å². The van der Waals surface area contributed by atoms with Crippen molar-refractivity contribution < 1.29 is 9.90 Å². The van der Waals surface area contributed by atoms with E-state index in [1.165, 1.54) is 0 Å². The Labute approximate surface area is 98.8 Å². The number of carboxylic acids is 1. The lowest BCUT2D eigenvalue weighted by Gasteiger charge is -2.47. The summed E-state index contributed by atoms with van der Waals surface area (Å²) in [5.74, 6) is -0.656. The fourth-order valence-corrected chi connectivity index (χ4v) is 3.06. The van der Waals surface area contributed by atoms with Crippen molar-refractivity contribution in [2.24, 2.45) is 5.41 Å². The van der Waals surface area contributed by atoms with Crippen molar-refractivity contribution in [3.63, 3.8) is 0 Å². The van der Waals surface area contributed by atoms with Crippen molar-refractivity contribution in [2.75, 3.05) is 6.54 Å². The van der Waals surface area contributed by atoms with Gasteiger partial charge in [0, 0.05) is 6.04 Å². The van der Waals surface area contributed by atoms with Crippen LogP contribution in [-0.4, -0.2) is 34.6 Å². The van der Waals surface area contributed by atoms with Crippen LogP contribution in [0.25, 0.3) is 0 Å². The smallest absolute Gasteiger partial charge is 0.321 e. The van der Waals surface area contributed by atoms with Gasteiger partial charge < -0.3 is 5.11 Å². The molecule has 1 atom stereocenters. The molecule has 3 heteroatoms. The topological polar surface area (TPSA) is 40.5 Å². The molecule has 1 N–H and O–H groups in total. The van der Waals surface area contributed by atoms with Gasteiger partial charge in [0.15, 0.2) is 0 Å². The molecule has 1 rings (SSSR count). The molecule has 0 radical (unpaired) electrons. The molecule has 1 saturated heterocycles. The first-order chi connectivity index (χ1) is 7.44. The van der Waals surface area contributed by atoms with Crippen molar-refractivity contribution in [1.29, 1.82) is 0 Å². The minimum Gasteiger partial charge on any atom is -0.480 e. The Kier molecular flexibility index (Phi) is 4.36. The summed E-state index contributed by atoms with van der Waals surface area (Å²) in [5.41, 5.74) is -0.104. The van der Waals surface area contributed by atoms with E-state index in [0.717, 1.165) is 32.2 Å². The van der Waals surface area contributed by atoms with Crippen LogP contribution in [0.15, 0.2) is 0 Å². The second-order valence-electron chi connectivity index (χ2n) is 5.54. The summed E-state index contributed by atoms with van der Waals surface area (Å²) in [4.78, 5) is 13.7. The number of hydrogen-bond donors (Lipinski definition) is 1. The first-order valence-corrected chi connectivity index (χ1v) is 6.42. The zero-order chi connectivity index (χ0) is 12.3. The molecule has 0 spiro atoms. The molecular formula is C13H25NO2. The molecule has 1 heterocycles. The molecule has 1 aliphatic heterocycles. The number of rotatable bonds is 4. The van der Waals surface area contributed by atoms with E-state index in [9.17, 15) is 9.90 Å². The van der Waals surface area contributed by atoms with Crippen molar-refractivity contribution >= 4 is 5.97 Å². The van der Waals surface area contributed by atoms with Crippen LogP contribution in [0.2, 0.25) is 0 Å². The Bertz CT molecular complexity index is 246. The number of piperidine rings is 1. The monoisotopic (exact) mass is 227 g/mol. The van der Waals surface area contributed by atoms with Gasteiger partial charge in [-0.15, -0.1) is 0 Å². The van der Waals surface area contributed by atoms with Gasteiger partial charge in [0.1, 0.15) is 6.04 Å². The van der Waals surface area contributed by atoms with Gasteiger partial charge in [-0.1, -0.05) is 27.7 Å². The molecule has 94 valence electrons. The molecule has 0 bridgehead atoms. The van der Waals surface area contributed by atoms with E-state index in [-0.39, 0.29) is 11.5 Å². The highest BCUT2D eigenvalue weighted by molar-refractivity contribution is 5.74. The summed E-state index contributed by atoms with van der Waals surface area (Å²) in [6.45, 7) is 9.40. The van der Waals surface area contributed by atoms with E-state index in [1.807, 2.05) is 0 Å². The Balaban J connectivity index is 2.92. The van der Waals surface area contributed by atoms with Crippen LogP contribution < -0.4 is 0 Å². The number of aliphatic carboxylic acids is 1. The lowest BCUT2D eigenvalue weighted by Crippen LogP contribution is -2.57. The molecule has 0 aromatic heterocycles. The van der Waals surface area contributed by atoms with Crippen LogP contribution >= 0.6 is 0 Å². The lowest BCUT2D eigenvalue weighted by molar-refractivity contribution is -0.152. The Morgan fingerprint density at radius 1 is 1.44 bits per heavy atom. The third-order valence-corrected chi connectivity index (χ3v) is 3.95. The van der Waals surface area contributed by atoms with Crippen LogP contribution in [0.4, 0.5) is 0 Å². The summed E-state index contributed by atoms with van der Waals surface area (Å²) >= 11 is 0. The lowest BCUT2D eigenvalue weighted by atomic mass is 9.75. The standard InChI is InChI=1S/C13H25NO2/c1-5-10(6-2)14-9-7-8-13(3,4)11(14)12(15)16/h10-11H,5-9H2,1-4H3,(H,15,16). The summed E-state index contributed by atoms with van der Waals surface area (Å²) in [5, 5.41) is 9.44. The van der Waals surface area contributed by atoms with E-state index in [0.29, 0.717) is 6.04 Å². The first kappa shape index (κ1) is 13.5. The zero-order valence-electron chi connectivity index (χ0n) is 11.0. The number of carbonyl (C=O) groups is 1. The molecule has 0 aliphatic carbocycles. The maximum Gasteiger partial charge on any atom is 0.321 e. The highest BCUT2D eigenvalue weighted by Crippen LogP contribution is 2.37. The fraction of sp³-hybridized carbons (Fsp3) is 0.923. The quantitative estimate of drug-likeness (QED) is 0.803. The van der Waals surface area contributed by atoms with Gasteiger partial charge >= 0.3 is 5.97 Å². The van der Waals surface area contributed by atoms with Crippen LogP contribution in [0, 0.1) is 5.41 Å². The molecule has 1 fully saturated rings. The SMILES string of the molecule is CCC(CC)N1CCCC(C)(C)C1C(=O)O. The van der Waals surface area contributed by atoms with E-state index in [4.69, 9.17) is 0 Å². The normalized spacial score (nSPS) is 25.9. The van der Waals surface area contributed by atoms with Crippen LogP contribution in [-0.2, 0) is 4.79 Å². The number of likely N-dealkylation sites (tertiary alicyclic amines) is 1. The predicted octanol–water partition coefficient (Wildman–Crippen LogP) is 2.75. The third kappa shape index (κ3) is 2.57. The first-order valence-electron chi connectivity index (χ1n) is 6.42. The zero-order valence-corrected chi connectivity index (χ0v) is 11.0. The van der Waals surface area contributed by atoms with Crippen LogP contribution in [0.5, 0.6) is 0 Å². The van der Waals surface area contributed by atoms with E-state index >= 15 is 0 Å². The molecule has 0 saturated carbocycles. The van der Waals surface area contributed by atoms with Gasteiger partial charge in [0.25, 0.3) is 0 Å². The third-order valence-electron chi connectivity index (χ3n) is 3.95. The Morgan fingerprint density at radius 2 is 2.00 bits per heavy atom. The minimum atomic E-state index is -0.656. The largest absolute Gasteiger partial charge is 0.480 e. The van der Waals surface area contributed by atoms with Gasteiger partial charge in [0.05, 0.1) is 0 Å². The van der Waals surface area contributed by atoms with Gasteiger partial charge in [-0.3, -0.25) is 9.69 Å². The van der Waals surface area contributed by atoms with Crippen molar-refractivity contribution in [3.8, 4) is 0 Å². The predicted molar refractivity (Wildman–Crippen MR) is 65.5 cm³/mol.